The summed E-state index contributed by atoms with van der Waals surface area (Å²) in [6.07, 6.45) is 8.55. The summed E-state index contributed by atoms with van der Waals surface area (Å²) in [7, 11) is -3.99. The van der Waals surface area contributed by atoms with Crippen molar-refractivity contribution in [2.45, 2.75) is 71.3 Å². The van der Waals surface area contributed by atoms with E-state index in [-0.39, 0.29) is 19.0 Å². The largest absolute Gasteiger partial charge is 0.379 e. The first-order valence-electron chi connectivity index (χ1n) is 9.28. The Morgan fingerprint density at radius 2 is 1.40 bits per heavy atom. The van der Waals surface area contributed by atoms with Gasteiger partial charge in [0, 0.05) is 13.2 Å². The number of aryl methyl sites for hydroxylation is 1. The molecule has 144 valence electrons. The van der Waals surface area contributed by atoms with E-state index >= 15 is 0 Å². The van der Waals surface area contributed by atoms with Gasteiger partial charge in [0.2, 0.25) is 0 Å². The highest BCUT2D eigenvalue weighted by molar-refractivity contribution is 7.87. The highest BCUT2D eigenvalue weighted by Gasteiger charge is 2.28. The van der Waals surface area contributed by atoms with Crippen molar-refractivity contribution < 1.29 is 22.1 Å². The van der Waals surface area contributed by atoms with Crippen LogP contribution >= 0.6 is 0 Å². The first kappa shape index (κ1) is 21.9. The van der Waals surface area contributed by atoms with Gasteiger partial charge in [0.05, 0.1) is 0 Å². The molecule has 0 bridgehead atoms. The van der Waals surface area contributed by atoms with Crippen molar-refractivity contribution in [1.29, 1.82) is 0 Å². The minimum Gasteiger partial charge on any atom is -0.379 e. The monoisotopic (exact) mass is 372 g/mol. The molecule has 0 saturated heterocycles. The molecule has 6 heteroatoms. The Kier molecular flexibility index (Phi) is 10.8. The number of benzene rings is 1. The van der Waals surface area contributed by atoms with E-state index in [0.717, 1.165) is 12.8 Å². The van der Waals surface area contributed by atoms with Crippen LogP contribution < -0.4 is 4.18 Å². The van der Waals surface area contributed by atoms with Crippen LogP contribution in [0.1, 0.15) is 64.9 Å². The van der Waals surface area contributed by atoms with Gasteiger partial charge in [0.15, 0.2) is 0 Å². The molecule has 0 aliphatic carbocycles. The van der Waals surface area contributed by atoms with Crippen LogP contribution in [0.5, 0.6) is 5.75 Å². The van der Waals surface area contributed by atoms with Crippen LogP contribution in [0, 0.1) is 0 Å². The Morgan fingerprint density at radius 1 is 0.840 bits per heavy atom. The molecule has 1 aromatic rings. The molecular weight excluding hydrogens is 340 g/mol. The highest BCUT2D eigenvalue weighted by atomic mass is 32.2. The van der Waals surface area contributed by atoms with Gasteiger partial charge in [0.25, 0.3) is 0 Å². The lowest BCUT2D eigenvalue weighted by Gasteiger charge is -2.17. The quantitative estimate of drug-likeness (QED) is 0.270. The van der Waals surface area contributed by atoms with E-state index in [2.05, 4.69) is 6.92 Å². The lowest BCUT2D eigenvalue weighted by molar-refractivity contribution is -0.0838. The van der Waals surface area contributed by atoms with Gasteiger partial charge in [-0.3, -0.25) is 0 Å². The minimum absolute atomic E-state index is 0.227. The number of hydrogen-bond acceptors (Lipinski definition) is 5. The summed E-state index contributed by atoms with van der Waals surface area (Å²) in [4.78, 5) is 0. The first-order valence-corrected chi connectivity index (χ1v) is 10.8. The van der Waals surface area contributed by atoms with Gasteiger partial charge in [-0.2, -0.15) is 8.42 Å². The summed E-state index contributed by atoms with van der Waals surface area (Å²) in [5.74, 6) is 0.274. The number of unbranched alkanes of at least 4 members (excludes halogenated alkanes) is 5. The lowest BCUT2D eigenvalue weighted by Crippen LogP contribution is -2.31. The zero-order chi connectivity index (χ0) is 18.5. The normalized spacial score (nSPS) is 11.8. The number of ether oxygens (including phenoxy) is 2. The van der Waals surface area contributed by atoms with E-state index in [1.165, 1.54) is 37.7 Å². The van der Waals surface area contributed by atoms with Gasteiger partial charge in [-0.05, 0) is 44.4 Å². The van der Waals surface area contributed by atoms with Crippen LogP contribution in [0.2, 0.25) is 0 Å². The maximum atomic E-state index is 12.2. The van der Waals surface area contributed by atoms with E-state index in [1.54, 1.807) is 26.0 Å². The summed E-state index contributed by atoms with van der Waals surface area (Å²) in [6.45, 7) is 6.08. The fraction of sp³-hybridized carbons (Fsp3) is 0.684. The maximum Gasteiger partial charge on any atom is 0.363 e. The molecule has 0 spiro atoms. The molecule has 0 N–H and O–H groups in total. The molecule has 0 radical (unpaired) electrons. The Hall–Kier alpha value is -1.11. The topological polar surface area (TPSA) is 61.8 Å². The van der Waals surface area contributed by atoms with Gasteiger partial charge < -0.3 is 13.7 Å². The molecule has 0 unspecified atom stereocenters. The van der Waals surface area contributed by atoms with Crippen molar-refractivity contribution in [3.05, 3.63) is 29.8 Å². The average molecular weight is 373 g/mol. The first-order chi connectivity index (χ1) is 12.0. The van der Waals surface area contributed by atoms with Crippen molar-refractivity contribution in [3.63, 3.8) is 0 Å². The van der Waals surface area contributed by atoms with E-state index in [9.17, 15) is 8.42 Å². The minimum atomic E-state index is -3.99. The van der Waals surface area contributed by atoms with Crippen molar-refractivity contribution in [2.24, 2.45) is 0 Å². The van der Waals surface area contributed by atoms with Crippen molar-refractivity contribution in [1.82, 2.24) is 0 Å². The van der Waals surface area contributed by atoms with Crippen LogP contribution in [0.4, 0.5) is 0 Å². The predicted molar refractivity (Wildman–Crippen MR) is 100 cm³/mol. The van der Waals surface area contributed by atoms with Crippen LogP contribution in [-0.4, -0.2) is 27.3 Å². The second-order valence-corrected chi connectivity index (χ2v) is 7.47. The SMILES string of the molecule is CCCCCCCCc1ccc(OS(=O)(=O)C(OCC)OCC)cc1. The molecule has 5 nitrogen and oxygen atoms in total. The Labute approximate surface area is 152 Å². The molecule has 0 aliphatic heterocycles. The van der Waals surface area contributed by atoms with Gasteiger partial charge >= 0.3 is 15.7 Å². The zero-order valence-corrected chi connectivity index (χ0v) is 16.5. The second kappa shape index (κ2) is 12.3. The molecule has 0 amide bonds. The summed E-state index contributed by atoms with van der Waals surface area (Å²) >= 11 is 0. The second-order valence-electron chi connectivity index (χ2n) is 5.94. The van der Waals surface area contributed by atoms with Gasteiger partial charge in [-0.15, -0.1) is 0 Å². The summed E-state index contributed by atoms with van der Waals surface area (Å²) < 4.78 is 39.7. The molecule has 0 aliphatic rings. The van der Waals surface area contributed by atoms with Crippen LogP contribution in [0.15, 0.2) is 24.3 Å². The fourth-order valence-electron chi connectivity index (χ4n) is 2.48. The molecule has 1 rings (SSSR count). The smallest absolute Gasteiger partial charge is 0.363 e. The highest BCUT2D eigenvalue weighted by Crippen LogP contribution is 2.19. The maximum absolute atomic E-state index is 12.2. The van der Waals surface area contributed by atoms with E-state index in [0.29, 0.717) is 0 Å². The number of hydrogen-bond donors (Lipinski definition) is 0. The van der Waals surface area contributed by atoms with Gasteiger partial charge in [-0.25, -0.2) is 0 Å². The lowest BCUT2D eigenvalue weighted by atomic mass is 10.1. The summed E-state index contributed by atoms with van der Waals surface area (Å²) in [5.41, 5.74) is -0.211. The molecular formula is C19H32O5S. The fourth-order valence-corrected chi connectivity index (χ4v) is 3.54. The van der Waals surface area contributed by atoms with E-state index in [1.807, 2.05) is 12.1 Å². The van der Waals surface area contributed by atoms with Crippen LogP contribution in [0.25, 0.3) is 0 Å². The van der Waals surface area contributed by atoms with E-state index < -0.39 is 15.7 Å². The van der Waals surface area contributed by atoms with Crippen molar-refractivity contribution >= 4 is 10.1 Å². The van der Waals surface area contributed by atoms with Crippen LogP contribution in [0.3, 0.4) is 0 Å². The third-order valence-electron chi connectivity index (χ3n) is 3.80. The van der Waals surface area contributed by atoms with E-state index in [4.69, 9.17) is 13.7 Å². The Bertz CT molecular complexity index is 548. The van der Waals surface area contributed by atoms with Crippen molar-refractivity contribution in [3.8, 4) is 5.75 Å². The molecule has 0 heterocycles. The Morgan fingerprint density at radius 3 is 1.96 bits per heavy atom. The zero-order valence-electron chi connectivity index (χ0n) is 15.7. The molecule has 0 fully saturated rings. The van der Waals surface area contributed by atoms with Gasteiger partial charge in [0.1, 0.15) is 5.75 Å². The third kappa shape index (κ3) is 8.70. The molecule has 0 aromatic heterocycles. The van der Waals surface area contributed by atoms with Gasteiger partial charge in [-0.1, -0.05) is 51.2 Å². The number of rotatable bonds is 14. The average Bonchev–Trinajstić information content (AvgIpc) is 2.59. The molecule has 0 atom stereocenters. The predicted octanol–water partition coefficient (Wildman–Crippen LogP) is 4.65. The third-order valence-corrected chi connectivity index (χ3v) is 4.96. The molecule has 0 saturated carbocycles. The molecule has 1 aromatic carbocycles. The van der Waals surface area contributed by atoms with Crippen LogP contribution in [-0.2, 0) is 26.0 Å². The molecule has 25 heavy (non-hydrogen) atoms. The summed E-state index contributed by atoms with van der Waals surface area (Å²) in [6, 6.07) is 7.18. The van der Waals surface area contributed by atoms with Crippen molar-refractivity contribution in [2.75, 3.05) is 13.2 Å². The Balaban J connectivity index is 2.49. The summed E-state index contributed by atoms with van der Waals surface area (Å²) in [5, 5.41) is 0. The standard InChI is InChI=1S/C19H32O5S/c1-4-7-8-9-10-11-12-17-13-15-18(16-14-17)24-25(20,21)19(22-5-2)23-6-3/h13-16,19H,4-12H2,1-3H3.